The highest BCUT2D eigenvalue weighted by Gasteiger charge is 2.15. The first-order chi connectivity index (χ1) is 12.3. The van der Waals surface area contributed by atoms with Crippen LogP contribution in [0.4, 0.5) is 0 Å². The minimum Gasteiger partial charge on any atom is -0.270 e. The van der Waals surface area contributed by atoms with Gasteiger partial charge in [-0.25, -0.2) is 0 Å². The standard InChI is InChI=1S/C18H22O6S2/c1-16-9-11-18(12-10-16)26(21,22)24-14-6-5-13-23-25(19,20)15-17-7-3-2-4-8-17/h2-4,7-12H,5-6,13-15H2,1H3. The maximum atomic E-state index is 12.0. The summed E-state index contributed by atoms with van der Waals surface area (Å²) >= 11 is 0. The summed E-state index contributed by atoms with van der Waals surface area (Å²) < 4.78 is 57.6. The molecule has 0 heterocycles. The van der Waals surface area contributed by atoms with Crippen LogP contribution >= 0.6 is 0 Å². The predicted molar refractivity (Wildman–Crippen MR) is 98.6 cm³/mol. The molecule has 8 heteroatoms. The first-order valence-corrected chi connectivity index (χ1v) is 11.1. The van der Waals surface area contributed by atoms with Crippen LogP contribution in [-0.2, 0) is 34.4 Å². The highest BCUT2D eigenvalue weighted by molar-refractivity contribution is 7.86. The molecular formula is C18H22O6S2. The highest BCUT2D eigenvalue weighted by atomic mass is 32.2. The summed E-state index contributed by atoms with van der Waals surface area (Å²) in [4.78, 5) is 0.102. The molecular weight excluding hydrogens is 376 g/mol. The Balaban J connectivity index is 1.69. The molecule has 142 valence electrons. The van der Waals surface area contributed by atoms with Crippen molar-refractivity contribution in [2.75, 3.05) is 13.2 Å². The zero-order valence-corrected chi connectivity index (χ0v) is 16.1. The van der Waals surface area contributed by atoms with Gasteiger partial charge in [0.05, 0.1) is 18.1 Å². The Labute approximate surface area is 155 Å². The van der Waals surface area contributed by atoms with E-state index in [9.17, 15) is 16.8 Å². The second-order valence-corrected chi connectivity index (χ2v) is 9.06. The van der Waals surface area contributed by atoms with Gasteiger partial charge >= 0.3 is 0 Å². The predicted octanol–water partition coefficient (Wildman–Crippen LogP) is 3.03. The Hall–Kier alpha value is -1.74. The van der Waals surface area contributed by atoms with E-state index in [0.717, 1.165) is 5.56 Å². The van der Waals surface area contributed by atoms with Gasteiger partial charge in [0.2, 0.25) is 0 Å². The Morgan fingerprint density at radius 1 is 0.769 bits per heavy atom. The Bertz CT molecular complexity index is 888. The molecule has 0 saturated heterocycles. The van der Waals surface area contributed by atoms with Gasteiger partial charge in [-0.3, -0.25) is 8.37 Å². The molecule has 0 unspecified atom stereocenters. The van der Waals surface area contributed by atoms with Gasteiger partial charge in [0.1, 0.15) is 5.75 Å². The van der Waals surface area contributed by atoms with Crippen LogP contribution in [-0.4, -0.2) is 30.0 Å². The lowest BCUT2D eigenvalue weighted by Crippen LogP contribution is -2.11. The number of aryl methyl sites for hydroxylation is 1. The first kappa shape index (κ1) is 20.6. The molecule has 0 saturated carbocycles. The fraction of sp³-hybridized carbons (Fsp3) is 0.333. The lowest BCUT2D eigenvalue weighted by atomic mass is 10.2. The third-order valence-corrected chi connectivity index (χ3v) is 6.08. The van der Waals surface area contributed by atoms with Crippen molar-refractivity contribution in [1.82, 2.24) is 0 Å². The molecule has 0 aliphatic rings. The van der Waals surface area contributed by atoms with Crippen molar-refractivity contribution in [3.8, 4) is 0 Å². The topological polar surface area (TPSA) is 86.7 Å². The minimum atomic E-state index is -3.79. The van der Waals surface area contributed by atoms with E-state index in [2.05, 4.69) is 0 Å². The quantitative estimate of drug-likeness (QED) is 0.452. The maximum absolute atomic E-state index is 12.0. The lowest BCUT2D eigenvalue weighted by Gasteiger charge is -2.07. The van der Waals surface area contributed by atoms with Gasteiger partial charge in [-0.1, -0.05) is 48.0 Å². The Morgan fingerprint density at radius 2 is 1.35 bits per heavy atom. The summed E-state index contributed by atoms with van der Waals surface area (Å²) in [5.74, 6) is -0.188. The van der Waals surface area contributed by atoms with Gasteiger partial charge in [0.15, 0.2) is 0 Å². The van der Waals surface area contributed by atoms with E-state index in [1.165, 1.54) is 12.1 Å². The number of benzene rings is 2. The van der Waals surface area contributed by atoms with E-state index in [1.54, 1.807) is 36.4 Å². The molecule has 0 amide bonds. The van der Waals surface area contributed by atoms with E-state index in [-0.39, 0.29) is 23.9 Å². The van der Waals surface area contributed by atoms with E-state index in [1.807, 2.05) is 13.0 Å². The fourth-order valence-electron chi connectivity index (χ4n) is 2.15. The van der Waals surface area contributed by atoms with Crippen molar-refractivity contribution in [3.63, 3.8) is 0 Å². The van der Waals surface area contributed by atoms with Crippen molar-refractivity contribution in [3.05, 3.63) is 65.7 Å². The molecule has 0 atom stereocenters. The van der Waals surface area contributed by atoms with Gasteiger partial charge in [-0.15, -0.1) is 0 Å². The average molecular weight is 399 g/mol. The molecule has 6 nitrogen and oxygen atoms in total. The van der Waals surface area contributed by atoms with Gasteiger partial charge in [0.25, 0.3) is 20.2 Å². The van der Waals surface area contributed by atoms with Crippen LogP contribution in [0, 0.1) is 6.92 Å². The normalized spacial score (nSPS) is 12.2. The zero-order chi connectivity index (χ0) is 19.0. The molecule has 0 aliphatic carbocycles. The molecule has 0 spiro atoms. The molecule has 26 heavy (non-hydrogen) atoms. The third-order valence-electron chi connectivity index (χ3n) is 3.54. The maximum Gasteiger partial charge on any atom is 0.296 e. The van der Waals surface area contributed by atoms with Crippen molar-refractivity contribution in [2.24, 2.45) is 0 Å². The lowest BCUT2D eigenvalue weighted by molar-refractivity contribution is 0.270. The van der Waals surface area contributed by atoms with Crippen molar-refractivity contribution in [2.45, 2.75) is 30.4 Å². The minimum absolute atomic E-state index is 0.0108. The first-order valence-electron chi connectivity index (χ1n) is 8.16. The van der Waals surface area contributed by atoms with Crippen LogP contribution in [0.25, 0.3) is 0 Å². The number of rotatable bonds is 10. The molecule has 0 N–H and O–H groups in total. The largest absolute Gasteiger partial charge is 0.296 e. The molecule has 0 bridgehead atoms. The Kier molecular flexibility index (Phi) is 7.33. The monoisotopic (exact) mass is 398 g/mol. The van der Waals surface area contributed by atoms with Crippen LogP contribution in [0.3, 0.4) is 0 Å². The SMILES string of the molecule is Cc1ccc(S(=O)(=O)OCCCCOS(=O)(=O)Cc2ccccc2)cc1. The molecule has 0 fully saturated rings. The third kappa shape index (κ3) is 6.87. The van der Waals surface area contributed by atoms with E-state index >= 15 is 0 Å². The number of hydrogen-bond acceptors (Lipinski definition) is 6. The summed E-state index contributed by atoms with van der Waals surface area (Å²) in [6, 6.07) is 15.1. The molecule has 0 aliphatic heterocycles. The van der Waals surface area contributed by atoms with Crippen molar-refractivity contribution in [1.29, 1.82) is 0 Å². The van der Waals surface area contributed by atoms with Crippen LogP contribution < -0.4 is 0 Å². The van der Waals surface area contributed by atoms with Crippen LogP contribution in [0.5, 0.6) is 0 Å². The summed E-state index contributed by atoms with van der Waals surface area (Å²) in [7, 11) is -7.45. The molecule has 0 radical (unpaired) electrons. The van der Waals surface area contributed by atoms with Gasteiger partial charge in [-0.05, 0) is 37.5 Å². The highest BCUT2D eigenvalue weighted by Crippen LogP contribution is 2.14. The second kappa shape index (κ2) is 9.27. The summed E-state index contributed by atoms with van der Waals surface area (Å²) in [6.45, 7) is 1.82. The summed E-state index contributed by atoms with van der Waals surface area (Å²) in [6.07, 6.45) is 0.739. The molecule has 2 rings (SSSR count). The molecule has 2 aromatic carbocycles. The number of hydrogen-bond donors (Lipinski definition) is 0. The fourth-order valence-corrected chi connectivity index (χ4v) is 4.15. The molecule has 2 aromatic rings. The van der Waals surface area contributed by atoms with Crippen LogP contribution in [0.15, 0.2) is 59.5 Å². The van der Waals surface area contributed by atoms with Crippen LogP contribution in [0.1, 0.15) is 24.0 Å². The zero-order valence-electron chi connectivity index (χ0n) is 14.5. The van der Waals surface area contributed by atoms with Crippen molar-refractivity contribution >= 4 is 20.2 Å². The summed E-state index contributed by atoms with van der Waals surface area (Å²) in [5.41, 5.74) is 1.61. The van der Waals surface area contributed by atoms with Gasteiger partial charge in [-0.2, -0.15) is 16.8 Å². The van der Waals surface area contributed by atoms with Gasteiger partial charge < -0.3 is 0 Å². The van der Waals surface area contributed by atoms with E-state index in [4.69, 9.17) is 8.37 Å². The van der Waals surface area contributed by atoms with Gasteiger partial charge in [0, 0.05) is 0 Å². The smallest absolute Gasteiger partial charge is 0.270 e. The van der Waals surface area contributed by atoms with E-state index in [0.29, 0.717) is 18.4 Å². The van der Waals surface area contributed by atoms with E-state index < -0.39 is 20.2 Å². The molecule has 0 aromatic heterocycles. The number of unbranched alkanes of at least 4 members (excludes halogenated alkanes) is 1. The van der Waals surface area contributed by atoms with Crippen molar-refractivity contribution < 1.29 is 25.2 Å². The Morgan fingerprint density at radius 3 is 1.96 bits per heavy atom. The second-order valence-electron chi connectivity index (χ2n) is 5.81. The van der Waals surface area contributed by atoms with Crippen LogP contribution in [0.2, 0.25) is 0 Å². The average Bonchev–Trinajstić information content (AvgIpc) is 2.59. The summed E-state index contributed by atoms with van der Waals surface area (Å²) in [5, 5.41) is 0.